The Morgan fingerprint density at radius 2 is 0.902 bits per heavy atom. The van der Waals surface area contributed by atoms with Gasteiger partial charge in [0.05, 0.1) is 39.8 Å². The largest absolute Gasteiger partial charge is 0.292 e. The molecule has 0 bridgehead atoms. The molecule has 234 valence electrons. The van der Waals surface area contributed by atoms with Crippen LogP contribution in [0.5, 0.6) is 0 Å². The zero-order chi connectivity index (χ0) is 34.1. The molecule has 0 fully saturated rings. The Bertz CT molecular complexity index is 3080. The maximum absolute atomic E-state index is 9.76. The van der Waals surface area contributed by atoms with Gasteiger partial charge in [-0.05, 0) is 109 Å². The van der Waals surface area contributed by atoms with Crippen molar-refractivity contribution in [2.24, 2.45) is 0 Å². The van der Waals surface area contributed by atoms with Gasteiger partial charge in [-0.1, -0.05) is 109 Å². The van der Waals surface area contributed by atoms with Crippen LogP contribution in [-0.2, 0) is 0 Å². The lowest BCUT2D eigenvalue weighted by Gasteiger charge is -2.18. The number of pyridine rings is 1. The van der Waals surface area contributed by atoms with E-state index in [-0.39, 0.29) is 0 Å². The predicted molar refractivity (Wildman–Crippen MR) is 208 cm³/mol. The molecular weight excluding hydrogens is 621 g/mol. The number of benzene rings is 8. The summed E-state index contributed by atoms with van der Waals surface area (Å²) < 4.78 is 2.18. The number of nitrogens with zero attached hydrogens (tertiary/aromatic N) is 4. The van der Waals surface area contributed by atoms with Gasteiger partial charge < -0.3 is 0 Å². The molecule has 0 radical (unpaired) electrons. The first kappa shape index (κ1) is 28.7. The maximum Gasteiger partial charge on any atom is 0.146 e. The SMILES string of the molecule is N#Cc1ccc(-c2c3ccccc3c(-c3ccc(-c4ccc5c(c4)c4ccc(C#N)cc4n4c6ccccc6nc54)cc3)c3ccccc23)cc1. The predicted octanol–water partition coefficient (Wildman–Crippen LogP) is 11.8. The third-order valence-corrected chi connectivity index (χ3v) is 10.2. The van der Waals surface area contributed by atoms with E-state index in [0.29, 0.717) is 11.1 Å². The topological polar surface area (TPSA) is 64.9 Å². The standard InChI is InChI=1S/C47H26N4/c48-27-29-13-16-32(17-14-29)45-36-7-1-3-9-38(36)46(39-10-4-2-8-37(39)45)33-20-18-31(19-21-33)34-22-24-40-41(26-34)35-23-15-30(28-49)25-44(35)51-43-12-6-5-11-42(43)50-47(40)51/h1-26H. The molecular formula is C47H26N4. The van der Waals surface area contributed by atoms with Crippen LogP contribution in [0.3, 0.4) is 0 Å². The molecule has 4 nitrogen and oxygen atoms in total. The summed E-state index contributed by atoms with van der Waals surface area (Å²) in [7, 11) is 0. The van der Waals surface area contributed by atoms with Crippen molar-refractivity contribution < 1.29 is 0 Å². The molecule has 0 aliphatic rings. The minimum atomic E-state index is 0.623. The van der Waals surface area contributed by atoms with E-state index in [1.165, 1.54) is 32.7 Å². The summed E-state index contributed by atoms with van der Waals surface area (Å²) in [6.07, 6.45) is 0. The molecule has 0 unspecified atom stereocenters. The Labute approximate surface area is 293 Å². The number of fused-ring (bicyclic) bond motifs is 10. The molecule has 0 spiro atoms. The van der Waals surface area contributed by atoms with Crippen LogP contribution < -0.4 is 0 Å². The molecule has 4 heteroatoms. The van der Waals surface area contributed by atoms with E-state index >= 15 is 0 Å². The van der Waals surface area contributed by atoms with Crippen molar-refractivity contribution in [1.29, 1.82) is 10.5 Å². The van der Waals surface area contributed by atoms with Crippen molar-refractivity contribution in [3.63, 3.8) is 0 Å². The molecule has 2 heterocycles. The van der Waals surface area contributed by atoms with Gasteiger partial charge in [0.2, 0.25) is 0 Å². The van der Waals surface area contributed by atoms with Crippen LogP contribution in [0, 0.1) is 22.7 Å². The molecule has 0 saturated carbocycles. The van der Waals surface area contributed by atoms with Crippen LogP contribution >= 0.6 is 0 Å². The highest BCUT2D eigenvalue weighted by Crippen LogP contribution is 2.44. The molecule has 0 aliphatic heterocycles. The number of imidazole rings is 1. The average molecular weight is 647 g/mol. The summed E-state index contributed by atoms with van der Waals surface area (Å²) >= 11 is 0. The smallest absolute Gasteiger partial charge is 0.146 e. The minimum absolute atomic E-state index is 0.623. The van der Waals surface area contributed by atoms with Gasteiger partial charge in [0.1, 0.15) is 5.65 Å². The van der Waals surface area contributed by atoms with Gasteiger partial charge in [-0.15, -0.1) is 0 Å². The zero-order valence-corrected chi connectivity index (χ0v) is 27.3. The van der Waals surface area contributed by atoms with Crippen LogP contribution in [0.25, 0.3) is 93.3 Å². The molecule has 2 aromatic heterocycles. The first-order chi connectivity index (χ1) is 25.2. The number of para-hydroxylation sites is 2. The molecule has 10 aromatic rings. The Balaban J connectivity index is 1.15. The van der Waals surface area contributed by atoms with Crippen LogP contribution in [0.2, 0.25) is 0 Å². The van der Waals surface area contributed by atoms with Crippen LogP contribution in [0.15, 0.2) is 158 Å². The fraction of sp³-hybridized carbons (Fsp3) is 0. The Kier molecular flexibility index (Phi) is 6.27. The first-order valence-electron chi connectivity index (χ1n) is 16.9. The summed E-state index contributed by atoms with van der Waals surface area (Å²) in [6.45, 7) is 0. The van der Waals surface area contributed by atoms with Crippen molar-refractivity contribution in [2.45, 2.75) is 0 Å². The van der Waals surface area contributed by atoms with E-state index in [4.69, 9.17) is 4.98 Å². The lowest BCUT2D eigenvalue weighted by atomic mass is 9.85. The lowest BCUT2D eigenvalue weighted by Crippen LogP contribution is -1.93. The van der Waals surface area contributed by atoms with E-state index < -0.39 is 0 Å². The molecule has 0 aliphatic carbocycles. The third kappa shape index (κ3) is 4.34. The van der Waals surface area contributed by atoms with E-state index in [0.717, 1.165) is 60.6 Å². The molecule has 0 N–H and O–H groups in total. The van der Waals surface area contributed by atoms with Crippen LogP contribution in [0.4, 0.5) is 0 Å². The lowest BCUT2D eigenvalue weighted by molar-refractivity contribution is 1.31. The van der Waals surface area contributed by atoms with Gasteiger partial charge in [-0.2, -0.15) is 10.5 Å². The van der Waals surface area contributed by atoms with Crippen molar-refractivity contribution in [1.82, 2.24) is 9.38 Å². The Morgan fingerprint density at radius 3 is 1.53 bits per heavy atom. The van der Waals surface area contributed by atoms with Gasteiger partial charge in [0.15, 0.2) is 0 Å². The Hall–Kier alpha value is -7.27. The minimum Gasteiger partial charge on any atom is -0.292 e. The number of nitriles is 2. The summed E-state index contributed by atoms with van der Waals surface area (Å²) in [4.78, 5) is 5.05. The molecule has 10 rings (SSSR count). The normalized spacial score (nSPS) is 11.5. The summed E-state index contributed by atoms with van der Waals surface area (Å²) in [5.41, 5.74) is 12.0. The van der Waals surface area contributed by atoms with Crippen molar-refractivity contribution in [3.05, 3.63) is 169 Å². The van der Waals surface area contributed by atoms with Crippen molar-refractivity contribution in [3.8, 4) is 45.5 Å². The van der Waals surface area contributed by atoms with Gasteiger partial charge in [-0.3, -0.25) is 4.40 Å². The summed E-state index contributed by atoms with van der Waals surface area (Å²) in [5, 5.41) is 27.2. The van der Waals surface area contributed by atoms with Gasteiger partial charge in [0, 0.05) is 10.8 Å². The molecule has 0 amide bonds. The molecule has 0 atom stereocenters. The number of aromatic nitrogens is 2. The number of rotatable bonds is 3. The van der Waals surface area contributed by atoms with E-state index in [1.807, 2.05) is 42.5 Å². The second-order valence-electron chi connectivity index (χ2n) is 13.0. The summed E-state index contributed by atoms with van der Waals surface area (Å²) in [5.74, 6) is 0. The van der Waals surface area contributed by atoms with Gasteiger partial charge in [0.25, 0.3) is 0 Å². The highest BCUT2D eigenvalue weighted by molar-refractivity contribution is 6.21. The zero-order valence-electron chi connectivity index (χ0n) is 27.3. The van der Waals surface area contributed by atoms with E-state index in [9.17, 15) is 10.5 Å². The maximum atomic E-state index is 9.76. The number of hydrogen-bond donors (Lipinski definition) is 0. The van der Waals surface area contributed by atoms with Crippen molar-refractivity contribution >= 4 is 59.9 Å². The number of hydrogen-bond acceptors (Lipinski definition) is 3. The van der Waals surface area contributed by atoms with Crippen LogP contribution in [-0.4, -0.2) is 9.38 Å². The quantitative estimate of drug-likeness (QED) is 0.142. The highest BCUT2D eigenvalue weighted by atomic mass is 15.0. The molecule has 8 aromatic carbocycles. The Morgan fingerprint density at radius 1 is 0.392 bits per heavy atom. The van der Waals surface area contributed by atoms with E-state index in [1.54, 1.807) is 0 Å². The van der Waals surface area contributed by atoms with E-state index in [2.05, 4.69) is 132 Å². The molecule has 0 saturated heterocycles. The van der Waals surface area contributed by atoms with Crippen LogP contribution in [0.1, 0.15) is 11.1 Å². The summed E-state index contributed by atoms with van der Waals surface area (Å²) in [6, 6.07) is 59.3. The van der Waals surface area contributed by atoms with Gasteiger partial charge >= 0.3 is 0 Å². The van der Waals surface area contributed by atoms with Gasteiger partial charge in [-0.25, -0.2) is 4.98 Å². The second-order valence-corrected chi connectivity index (χ2v) is 13.0. The average Bonchev–Trinajstić information content (AvgIpc) is 3.60. The fourth-order valence-corrected chi connectivity index (χ4v) is 7.90. The second kappa shape index (κ2) is 11.1. The third-order valence-electron chi connectivity index (χ3n) is 10.2. The highest BCUT2D eigenvalue weighted by Gasteiger charge is 2.18. The van der Waals surface area contributed by atoms with Crippen molar-refractivity contribution in [2.75, 3.05) is 0 Å². The monoisotopic (exact) mass is 646 g/mol. The first-order valence-corrected chi connectivity index (χ1v) is 16.9. The molecule has 51 heavy (non-hydrogen) atoms. The fourth-order valence-electron chi connectivity index (χ4n) is 7.90.